The third-order valence-electron chi connectivity index (χ3n) is 4.27. The molecule has 6 heteroatoms. The van der Waals surface area contributed by atoms with E-state index in [0.717, 1.165) is 28.5 Å². The number of thioether (sulfide) groups is 1. The van der Waals surface area contributed by atoms with Crippen LogP contribution in [0.5, 0.6) is 0 Å². The highest BCUT2D eigenvalue weighted by molar-refractivity contribution is 8.14. The second-order valence-electron chi connectivity index (χ2n) is 6.89. The molecule has 0 aliphatic rings. The van der Waals surface area contributed by atoms with Crippen LogP contribution >= 0.6 is 11.8 Å². The zero-order valence-corrected chi connectivity index (χ0v) is 17.5. The van der Waals surface area contributed by atoms with Crippen LogP contribution in [0, 0.1) is 26.7 Å². The van der Waals surface area contributed by atoms with Gasteiger partial charge in [0.25, 0.3) is 0 Å². The smallest absolute Gasteiger partial charge is 0.328 e. The van der Waals surface area contributed by atoms with Gasteiger partial charge in [-0.25, -0.2) is 4.79 Å². The third kappa shape index (κ3) is 5.59. The van der Waals surface area contributed by atoms with Crippen molar-refractivity contribution in [2.45, 2.75) is 54.0 Å². The van der Waals surface area contributed by atoms with Gasteiger partial charge in [0.1, 0.15) is 6.04 Å². The first-order chi connectivity index (χ1) is 12.1. The normalized spacial score (nSPS) is 12.0. The lowest BCUT2D eigenvalue weighted by molar-refractivity contribution is -0.142. The van der Waals surface area contributed by atoms with Crippen LogP contribution in [0.25, 0.3) is 0 Å². The van der Waals surface area contributed by atoms with Crippen LogP contribution in [0.4, 0.5) is 5.69 Å². The van der Waals surface area contributed by atoms with Crippen molar-refractivity contribution < 1.29 is 19.1 Å². The van der Waals surface area contributed by atoms with Gasteiger partial charge >= 0.3 is 5.97 Å². The maximum Gasteiger partial charge on any atom is 0.328 e. The summed E-state index contributed by atoms with van der Waals surface area (Å²) in [5.74, 6) is -0.518. The Bertz CT molecular complexity index is 685. The van der Waals surface area contributed by atoms with Crippen molar-refractivity contribution >= 4 is 34.4 Å². The number of hydrogen-bond acceptors (Lipinski definition) is 5. The highest BCUT2D eigenvalue weighted by Gasteiger charge is 2.30. The molecule has 0 bridgehead atoms. The van der Waals surface area contributed by atoms with Gasteiger partial charge in [0, 0.05) is 6.42 Å². The van der Waals surface area contributed by atoms with E-state index in [4.69, 9.17) is 4.74 Å². The van der Waals surface area contributed by atoms with Gasteiger partial charge in [-0.15, -0.1) is 0 Å². The predicted octanol–water partition coefficient (Wildman–Crippen LogP) is 3.81. The van der Waals surface area contributed by atoms with E-state index in [0.29, 0.717) is 12.1 Å². The summed E-state index contributed by atoms with van der Waals surface area (Å²) in [5.41, 5.74) is 3.58. The van der Waals surface area contributed by atoms with Gasteiger partial charge in [-0.2, -0.15) is 0 Å². The highest BCUT2D eigenvalue weighted by Crippen LogP contribution is 2.30. The molecule has 1 aromatic rings. The first-order valence-corrected chi connectivity index (χ1v) is 9.71. The maximum absolute atomic E-state index is 13.0. The summed E-state index contributed by atoms with van der Waals surface area (Å²) in [4.78, 5) is 38.5. The number of benzene rings is 1. The minimum atomic E-state index is -0.771. The van der Waals surface area contributed by atoms with Gasteiger partial charge < -0.3 is 4.74 Å². The summed E-state index contributed by atoms with van der Waals surface area (Å²) < 4.78 is 4.85. The van der Waals surface area contributed by atoms with Crippen molar-refractivity contribution in [3.8, 4) is 0 Å². The molecular weight excluding hydrogens is 350 g/mol. The number of carbonyl (C=O) groups is 3. The molecule has 1 atom stereocenters. The Hall–Kier alpha value is -1.82. The number of esters is 1. The summed E-state index contributed by atoms with van der Waals surface area (Å²) >= 11 is 1.01. The fourth-order valence-corrected chi connectivity index (χ4v) is 3.60. The lowest BCUT2D eigenvalue weighted by atomic mass is 10.0. The summed E-state index contributed by atoms with van der Waals surface area (Å²) in [6.45, 7) is 11.4. The Morgan fingerprint density at radius 1 is 1.08 bits per heavy atom. The van der Waals surface area contributed by atoms with Crippen LogP contribution in [0.2, 0.25) is 0 Å². The van der Waals surface area contributed by atoms with E-state index < -0.39 is 12.0 Å². The topological polar surface area (TPSA) is 63.7 Å². The number of amides is 1. The fourth-order valence-electron chi connectivity index (χ4n) is 2.72. The molecule has 5 nitrogen and oxygen atoms in total. The van der Waals surface area contributed by atoms with Gasteiger partial charge in [0.15, 0.2) is 5.12 Å². The molecule has 1 unspecified atom stereocenters. The summed E-state index contributed by atoms with van der Waals surface area (Å²) in [5, 5.41) is -0.0169. The second-order valence-corrected chi connectivity index (χ2v) is 7.93. The van der Waals surface area contributed by atoms with Crippen molar-refractivity contribution in [3.05, 3.63) is 28.8 Å². The van der Waals surface area contributed by atoms with Gasteiger partial charge in [-0.1, -0.05) is 37.7 Å². The lowest BCUT2D eigenvalue weighted by Gasteiger charge is -2.31. The molecule has 0 saturated heterocycles. The number of rotatable bonds is 7. The predicted molar refractivity (Wildman–Crippen MR) is 107 cm³/mol. The number of nitrogens with zero attached hydrogens (tertiary/aromatic N) is 1. The van der Waals surface area contributed by atoms with Gasteiger partial charge in [0.2, 0.25) is 5.91 Å². The first kappa shape index (κ1) is 22.2. The molecule has 0 N–H and O–H groups in total. The number of aryl methyl sites for hydroxylation is 2. The highest BCUT2D eigenvalue weighted by atomic mass is 32.2. The van der Waals surface area contributed by atoms with Crippen molar-refractivity contribution in [2.75, 3.05) is 17.8 Å². The minimum Gasteiger partial charge on any atom is -0.467 e. The molecule has 0 spiro atoms. The SMILES string of the molecule is COC(=O)C(C)N(C(=O)CSC(=O)CC(C)C)c1c(C)ccc(C)c1C. The Labute approximate surface area is 160 Å². The molecule has 0 fully saturated rings. The number of methoxy groups -OCH3 is 1. The molecule has 0 aromatic heterocycles. The molecule has 0 aliphatic carbocycles. The van der Waals surface area contributed by atoms with E-state index in [2.05, 4.69) is 0 Å². The summed E-state index contributed by atoms with van der Waals surface area (Å²) in [6, 6.07) is 3.15. The summed E-state index contributed by atoms with van der Waals surface area (Å²) in [6.07, 6.45) is 0.424. The number of ether oxygens (including phenoxy) is 1. The van der Waals surface area contributed by atoms with Gasteiger partial charge in [0.05, 0.1) is 18.6 Å². The van der Waals surface area contributed by atoms with Crippen molar-refractivity contribution in [1.29, 1.82) is 0 Å². The molecule has 1 rings (SSSR count). The maximum atomic E-state index is 13.0. The molecule has 0 heterocycles. The van der Waals surface area contributed by atoms with Crippen LogP contribution in [0.15, 0.2) is 12.1 Å². The second kappa shape index (κ2) is 9.76. The van der Waals surface area contributed by atoms with Gasteiger partial charge in [-0.3, -0.25) is 14.5 Å². The van der Waals surface area contributed by atoms with E-state index in [-0.39, 0.29) is 22.7 Å². The zero-order valence-electron chi connectivity index (χ0n) is 16.7. The van der Waals surface area contributed by atoms with E-state index >= 15 is 0 Å². The third-order valence-corrected chi connectivity index (χ3v) is 5.15. The molecule has 1 amide bonds. The molecule has 144 valence electrons. The number of hydrogen-bond donors (Lipinski definition) is 0. The zero-order chi connectivity index (χ0) is 20.0. The molecule has 0 radical (unpaired) electrons. The minimum absolute atomic E-state index is 0.000288. The molecule has 1 aromatic carbocycles. The Morgan fingerprint density at radius 3 is 2.19 bits per heavy atom. The van der Waals surface area contributed by atoms with E-state index in [1.807, 2.05) is 46.8 Å². The lowest BCUT2D eigenvalue weighted by Crippen LogP contribution is -2.46. The quantitative estimate of drug-likeness (QED) is 0.674. The van der Waals surface area contributed by atoms with Crippen LogP contribution in [0.3, 0.4) is 0 Å². The first-order valence-electron chi connectivity index (χ1n) is 8.72. The number of carbonyl (C=O) groups excluding carboxylic acids is 3. The van der Waals surface area contributed by atoms with E-state index in [9.17, 15) is 14.4 Å². The number of anilines is 1. The molecule has 0 aliphatic heterocycles. The molecule has 0 saturated carbocycles. The van der Waals surface area contributed by atoms with Gasteiger partial charge in [-0.05, 0) is 50.3 Å². The van der Waals surface area contributed by atoms with E-state index in [1.54, 1.807) is 6.92 Å². The standard InChI is InChI=1S/C20H29NO4S/c1-12(2)10-18(23)26-11-17(22)21(16(6)20(24)25-7)19-14(4)9-8-13(3)15(19)5/h8-9,12,16H,10-11H2,1-7H3. The largest absolute Gasteiger partial charge is 0.467 e. The Morgan fingerprint density at radius 2 is 1.65 bits per heavy atom. The van der Waals surface area contributed by atoms with Crippen LogP contribution < -0.4 is 4.90 Å². The monoisotopic (exact) mass is 379 g/mol. The molecular formula is C20H29NO4S. The van der Waals surface area contributed by atoms with Crippen molar-refractivity contribution in [1.82, 2.24) is 0 Å². The Balaban J connectivity index is 3.19. The van der Waals surface area contributed by atoms with Crippen molar-refractivity contribution in [3.63, 3.8) is 0 Å². The Kier molecular flexibility index (Phi) is 8.34. The average Bonchev–Trinajstić information content (AvgIpc) is 2.58. The summed E-state index contributed by atoms with van der Waals surface area (Å²) in [7, 11) is 1.30. The van der Waals surface area contributed by atoms with Crippen LogP contribution in [-0.4, -0.2) is 35.9 Å². The molecule has 26 heavy (non-hydrogen) atoms. The van der Waals surface area contributed by atoms with Crippen molar-refractivity contribution in [2.24, 2.45) is 5.92 Å². The fraction of sp³-hybridized carbons (Fsp3) is 0.550. The van der Waals surface area contributed by atoms with E-state index in [1.165, 1.54) is 12.0 Å². The average molecular weight is 380 g/mol. The van der Waals surface area contributed by atoms with Crippen LogP contribution in [-0.2, 0) is 19.1 Å². The van der Waals surface area contributed by atoms with Crippen LogP contribution in [0.1, 0.15) is 43.9 Å².